The molecule has 2 aliphatic heterocycles. The van der Waals surface area contributed by atoms with Gasteiger partial charge in [-0.3, -0.25) is 15.0 Å². The average Bonchev–Trinajstić information content (AvgIpc) is 2.92. The lowest BCUT2D eigenvalue weighted by Crippen LogP contribution is -2.48. The summed E-state index contributed by atoms with van der Waals surface area (Å²) in [5, 5.41) is 3.13. The van der Waals surface area contributed by atoms with E-state index in [9.17, 15) is 22.8 Å². The second kappa shape index (κ2) is 7.92. The molecule has 0 bridgehead atoms. The van der Waals surface area contributed by atoms with Crippen molar-refractivity contribution in [2.75, 3.05) is 13.1 Å². The lowest BCUT2D eigenvalue weighted by Gasteiger charge is -2.26. The number of rotatable bonds is 5. The molecule has 3 rings (SSSR count). The molecular formula is C18H23ClN4O5S. The standard InChI is InChI=1S/C18H23ClN4O5S/c1-3-18(2)16(25)23(17(26)20-18)21-15(24)12-7-8-13(19)14(11-12)29(27,28)22-9-5-4-6-10-22/h7-8,11H,3-6,9-10H2,1-2H3,(H,20,26)(H,21,24)/t18-/m1/s1. The van der Waals surface area contributed by atoms with Crippen molar-refractivity contribution in [2.45, 2.75) is 50.0 Å². The van der Waals surface area contributed by atoms with Crippen LogP contribution in [0.2, 0.25) is 5.02 Å². The van der Waals surface area contributed by atoms with E-state index in [1.165, 1.54) is 22.5 Å². The van der Waals surface area contributed by atoms with Gasteiger partial charge in [0.05, 0.1) is 5.02 Å². The van der Waals surface area contributed by atoms with Crippen LogP contribution in [0.1, 0.15) is 49.9 Å². The van der Waals surface area contributed by atoms with Crippen molar-refractivity contribution < 1.29 is 22.8 Å². The molecule has 1 aromatic rings. The van der Waals surface area contributed by atoms with E-state index in [0.29, 0.717) is 24.5 Å². The number of nitrogens with zero attached hydrogens (tertiary/aromatic N) is 2. The molecule has 4 amide bonds. The van der Waals surface area contributed by atoms with Gasteiger partial charge in [0.1, 0.15) is 10.4 Å². The first kappa shape index (κ1) is 21.5. The van der Waals surface area contributed by atoms with Gasteiger partial charge in [0.25, 0.3) is 11.8 Å². The molecular weight excluding hydrogens is 420 g/mol. The number of piperidine rings is 1. The Morgan fingerprint density at radius 1 is 1.24 bits per heavy atom. The maximum Gasteiger partial charge on any atom is 0.344 e. The zero-order valence-electron chi connectivity index (χ0n) is 16.2. The third-order valence-electron chi connectivity index (χ3n) is 5.31. The summed E-state index contributed by atoms with van der Waals surface area (Å²) in [6.45, 7) is 4.09. The number of hydrazine groups is 1. The quantitative estimate of drug-likeness (QED) is 0.675. The third kappa shape index (κ3) is 3.96. The van der Waals surface area contributed by atoms with Crippen molar-refractivity contribution in [3.05, 3.63) is 28.8 Å². The summed E-state index contributed by atoms with van der Waals surface area (Å²) in [6, 6.07) is 3.07. The molecule has 1 aromatic carbocycles. The highest BCUT2D eigenvalue weighted by Gasteiger charge is 2.47. The van der Waals surface area contributed by atoms with Crippen molar-refractivity contribution in [2.24, 2.45) is 0 Å². The fourth-order valence-corrected chi connectivity index (χ4v) is 5.30. The molecule has 158 valence electrons. The second-order valence-corrected chi connectivity index (χ2v) is 9.62. The van der Waals surface area contributed by atoms with E-state index in [1.54, 1.807) is 13.8 Å². The third-order valence-corrected chi connectivity index (χ3v) is 7.69. The highest BCUT2D eigenvalue weighted by atomic mass is 35.5. The van der Waals surface area contributed by atoms with E-state index in [-0.39, 0.29) is 15.5 Å². The Labute approximate surface area is 174 Å². The second-order valence-electron chi connectivity index (χ2n) is 7.31. The lowest BCUT2D eigenvalue weighted by molar-refractivity contribution is -0.132. The Morgan fingerprint density at radius 2 is 1.90 bits per heavy atom. The summed E-state index contributed by atoms with van der Waals surface area (Å²) in [5.41, 5.74) is 1.11. The first-order chi connectivity index (χ1) is 13.6. The number of amides is 4. The first-order valence-corrected chi connectivity index (χ1v) is 11.2. The smallest absolute Gasteiger partial charge is 0.322 e. The minimum atomic E-state index is -3.86. The Morgan fingerprint density at radius 3 is 2.48 bits per heavy atom. The Kier molecular flexibility index (Phi) is 5.88. The molecule has 0 saturated carbocycles. The fraction of sp³-hybridized carbons (Fsp3) is 0.500. The number of hydrogen-bond donors (Lipinski definition) is 2. The van der Waals surface area contributed by atoms with Crippen LogP contribution >= 0.6 is 11.6 Å². The minimum Gasteiger partial charge on any atom is -0.322 e. The molecule has 0 unspecified atom stereocenters. The van der Waals surface area contributed by atoms with Crippen molar-refractivity contribution in [1.29, 1.82) is 0 Å². The van der Waals surface area contributed by atoms with E-state index >= 15 is 0 Å². The van der Waals surface area contributed by atoms with Crippen LogP contribution in [0.15, 0.2) is 23.1 Å². The van der Waals surface area contributed by atoms with Gasteiger partial charge in [-0.15, -0.1) is 0 Å². The average molecular weight is 443 g/mol. The number of hydrogen-bond acceptors (Lipinski definition) is 5. The molecule has 0 radical (unpaired) electrons. The van der Waals surface area contributed by atoms with Gasteiger partial charge in [0.15, 0.2) is 0 Å². The van der Waals surface area contributed by atoms with Crippen LogP contribution in [-0.4, -0.2) is 54.2 Å². The van der Waals surface area contributed by atoms with Crippen LogP contribution in [0.25, 0.3) is 0 Å². The molecule has 29 heavy (non-hydrogen) atoms. The Bertz CT molecular complexity index is 961. The predicted molar refractivity (Wildman–Crippen MR) is 106 cm³/mol. The number of nitrogens with one attached hydrogen (secondary N) is 2. The topological polar surface area (TPSA) is 116 Å². The molecule has 11 heteroatoms. The molecule has 2 aliphatic rings. The van der Waals surface area contributed by atoms with Crippen LogP contribution in [0.3, 0.4) is 0 Å². The molecule has 0 aromatic heterocycles. The van der Waals surface area contributed by atoms with Gasteiger partial charge in [0, 0.05) is 18.7 Å². The van der Waals surface area contributed by atoms with Crippen molar-refractivity contribution in [3.8, 4) is 0 Å². The normalized spacial score (nSPS) is 23.2. The molecule has 2 saturated heterocycles. The molecule has 1 atom stereocenters. The van der Waals surface area contributed by atoms with Gasteiger partial charge >= 0.3 is 6.03 Å². The Hall–Kier alpha value is -2.17. The van der Waals surface area contributed by atoms with Gasteiger partial charge in [0.2, 0.25) is 10.0 Å². The van der Waals surface area contributed by atoms with Gasteiger partial charge in [-0.2, -0.15) is 9.31 Å². The van der Waals surface area contributed by atoms with Crippen molar-refractivity contribution in [3.63, 3.8) is 0 Å². The Balaban J connectivity index is 1.85. The number of halogens is 1. The van der Waals surface area contributed by atoms with Crippen LogP contribution < -0.4 is 10.7 Å². The largest absolute Gasteiger partial charge is 0.344 e. The summed E-state index contributed by atoms with van der Waals surface area (Å²) >= 11 is 6.11. The monoisotopic (exact) mass is 442 g/mol. The van der Waals surface area contributed by atoms with E-state index in [0.717, 1.165) is 19.3 Å². The molecule has 2 fully saturated rings. The molecule has 0 aliphatic carbocycles. The molecule has 9 nitrogen and oxygen atoms in total. The summed E-state index contributed by atoms with van der Waals surface area (Å²) in [7, 11) is -3.86. The summed E-state index contributed by atoms with van der Waals surface area (Å²) in [6.07, 6.45) is 2.84. The number of imide groups is 1. The van der Waals surface area contributed by atoms with Gasteiger partial charge in [-0.1, -0.05) is 24.9 Å². The molecule has 2 heterocycles. The van der Waals surface area contributed by atoms with Gasteiger partial charge in [-0.25, -0.2) is 13.2 Å². The minimum absolute atomic E-state index is 0.000624. The molecule has 0 spiro atoms. The number of sulfonamides is 1. The van der Waals surface area contributed by atoms with Crippen LogP contribution in [0.5, 0.6) is 0 Å². The fourth-order valence-electron chi connectivity index (χ4n) is 3.28. The maximum atomic E-state index is 12.9. The van der Waals surface area contributed by atoms with Crippen molar-refractivity contribution in [1.82, 2.24) is 20.1 Å². The summed E-state index contributed by atoms with van der Waals surface area (Å²) in [5.74, 6) is -1.38. The number of carbonyl (C=O) groups excluding carboxylic acids is 3. The van der Waals surface area contributed by atoms with Gasteiger partial charge in [-0.05, 0) is 44.4 Å². The molecule has 2 N–H and O–H groups in total. The van der Waals surface area contributed by atoms with Gasteiger partial charge < -0.3 is 5.32 Å². The number of urea groups is 1. The SMILES string of the molecule is CC[C@@]1(C)NC(=O)N(NC(=O)c2ccc(Cl)c(S(=O)(=O)N3CCCCC3)c2)C1=O. The summed E-state index contributed by atoms with van der Waals surface area (Å²) < 4.78 is 27.2. The van der Waals surface area contributed by atoms with E-state index < -0.39 is 33.4 Å². The first-order valence-electron chi connectivity index (χ1n) is 9.37. The number of carbonyl (C=O) groups is 3. The summed E-state index contributed by atoms with van der Waals surface area (Å²) in [4.78, 5) is 36.9. The van der Waals surface area contributed by atoms with Crippen LogP contribution in [0.4, 0.5) is 4.79 Å². The van der Waals surface area contributed by atoms with E-state index in [4.69, 9.17) is 11.6 Å². The maximum absolute atomic E-state index is 12.9. The number of benzene rings is 1. The highest BCUT2D eigenvalue weighted by Crippen LogP contribution is 2.28. The van der Waals surface area contributed by atoms with E-state index in [2.05, 4.69) is 10.7 Å². The highest BCUT2D eigenvalue weighted by molar-refractivity contribution is 7.89. The van der Waals surface area contributed by atoms with Crippen LogP contribution in [0, 0.1) is 0 Å². The lowest BCUT2D eigenvalue weighted by atomic mass is 10.00. The zero-order valence-corrected chi connectivity index (χ0v) is 17.8. The zero-order chi connectivity index (χ0) is 21.4. The van der Waals surface area contributed by atoms with Crippen LogP contribution in [-0.2, 0) is 14.8 Å². The predicted octanol–water partition coefficient (Wildman–Crippen LogP) is 1.88. The van der Waals surface area contributed by atoms with Crippen molar-refractivity contribution >= 4 is 39.5 Å². The van der Waals surface area contributed by atoms with E-state index in [1.807, 2.05) is 0 Å².